The summed E-state index contributed by atoms with van der Waals surface area (Å²) in [6, 6.07) is 8.89. The zero-order chi connectivity index (χ0) is 19.6. The molecule has 0 aliphatic heterocycles. The minimum atomic E-state index is -5.15. The molecule has 1 nitrogen and oxygen atoms in total. The van der Waals surface area contributed by atoms with E-state index in [2.05, 4.69) is 11.7 Å². The van der Waals surface area contributed by atoms with Crippen LogP contribution < -0.4 is 4.74 Å². The van der Waals surface area contributed by atoms with E-state index in [0.29, 0.717) is 6.42 Å². The fraction of sp³-hybridized carbons (Fsp3) is 0.333. The van der Waals surface area contributed by atoms with Gasteiger partial charge in [0.05, 0.1) is 0 Å². The van der Waals surface area contributed by atoms with Crippen LogP contribution in [-0.2, 0) is 12.8 Å². The molecular formula is C21H19F5O. The van der Waals surface area contributed by atoms with E-state index in [1.54, 1.807) is 6.08 Å². The minimum Gasteiger partial charge on any atom is -0.399 e. The van der Waals surface area contributed by atoms with Gasteiger partial charge in [0.25, 0.3) is 0 Å². The molecule has 0 spiro atoms. The van der Waals surface area contributed by atoms with Crippen molar-refractivity contribution >= 4 is 11.6 Å². The van der Waals surface area contributed by atoms with Gasteiger partial charge in [0.2, 0.25) is 5.75 Å². The number of alkyl halides is 3. The lowest BCUT2D eigenvalue weighted by molar-refractivity contribution is -0.276. The van der Waals surface area contributed by atoms with Crippen molar-refractivity contribution in [2.45, 2.75) is 45.4 Å². The number of fused-ring (bicyclic) bond motifs is 1. The van der Waals surface area contributed by atoms with Crippen LogP contribution >= 0.6 is 0 Å². The first-order chi connectivity index (χ1) is 12.8. The fourth-order valence-corrected chi connectivity index (χ4v) is 3.26. The SMILES string of the molecule is CCCCc1ccc(C2=Cc3cc(F)c(OC(F)(F)F)c(F)c3CC2)cc1. The topological polar surface area (TPSA) is 9.23 Å². The maximum Gasteiger partial charge on any atom is 0.573 e. The molecule has 27 heavy (non-hydrogen) atoms. The Balaban J connectivity index is 1.90. The van der Waals surface area contributed by atoms with E-state index in [0.717, 1.165) is 36.5 Å². The van der Waals surface area contributed by atoms with E-state index < -0.39 is 23.7 Å². The second-order valence-corrected chi connectivity index (χ2v) is 6.59. The van der Waals surface area contributed by atoms with Crippen molar-refractivity contribution in [1.82, 2.24) is 0 Å². The normalized spacial score (nSPS) is 13.9. The van der Waals surface area contributed by atoms with Crippen LogP contribution in [0.1, 0.15) is 48.4 Å². The first kappa shape index (κ1) is 19.4. The lowest BCUT2D eigenvalue weighted by Crippen LogP contribution is -2.20. The van der Waals surface area contributed by atoms with Crippen molar-refractivity contribution in [3.05, 3.63) is 64.2 Å². The number of hydrogen-bond donors (Lipinski definition) is 0. The van der Waals surface area contributed by atoms with Crippen LogP contribution in [0, 0.1) is 11.6 Å². The van der Waals surface area contributed by atoms with Crippen LogP contribution in [0.2, 0.25) is 0 Å². The molecule has 3 rings (SSSR count). The van der Waals surface area contributed by atoms with Gasteiger partial charge in [-0.05, 0) is 59.6 Å². The lowest BCUT2D eigenvalue weighted by Gasteiger charge is -2.20. The molecule has 2 aromatic rings. The van der Waals surface area contributed by atoms with Gasteiger partial charge in [-0.3, -0.25) is 0 Å². The third-order valence-electron chi connectivity index (χ3n) is 4.65. The monoisotopic (exact) mass is 382 g/mol. The molecule has 0 amide bonds. The summed E-state index contributed by atoms with van der Waals surface area (Å²) in [5, 5.41) is 0. The summed E-state index contributed by atoms with van der Waals surface area (Å²) < 4.78 is 68.9. The Morgan fingerprint density at radius 2 is 1.74 bits per heavy atom. The number of allylic oxidation sites excluding steroid dienone is 1. The number of rotatable bonds is 5. The first-order valence-electron chi connectivity index (χ1n) is 8.85. The highest BCUT2D eigenvalue weighted by Gasteiger charge is 2.35. The van der Waals surface area contributed by atoms with Gasteiger partial charge in [-0.1, -0.05) is 43.7 Å². The van der Waals surface area contributed by atoms with Gasteiger partial charge in [0.15, 0.2) is 11.6 Å². The number of ether oxygens (including phenoxy) is 1. The Hall–Kier alpha value is -2.37. The molecule has 0 heterocycles. The number of benzene rings is 2. The molecule has 1 aliphatic carbocycles. The fourth-order valence-electron chi connectivity index (χ4n) is 3.26. The Labute approximate surface area is 154 Å². The smallest absolute Gasteiger partial charge is 0.399 e. The molecule has 0 unspecified atom stereocenters. The third-order valence-corrected chi connectivity index (χ3v) is 4.65. The highest BCUT2D eigenvalue weighted by molar-refractivity contribution is 5.84. The van der Waals surface area contributed by atoms with Gasteiger partial charge >= 0.3 is 6.36 Å². The van der Waals surface area contributed by atoms with E-state index in [-0.39, 0.29) is 17.5 Å². The van der Waals surface area contributed by atoms with Crippen molar-refractivity contribution in [3.63, 3.8) is 0 Å². The molecule has 0 bridgehead atoms. The van der Waals surface area contributed by atoms with Gasteiger partial charge in [-0.25, -0.2) is 8.78 Å². The van der Waals surface area contributed by atoms with Crippen molar-refractivity contribution in [2.75, 3.05) is 0 Å². The largest absolute Gasteiger partial charge is 0.573 e. The van der Waals surface area contributed by atoms with E-state index >= 15 is 0 Å². The molecule has 0 aromatic heterocycles. The summed E-state index contributed by atoms with van der Waals surface area (Å²) in [5.41, 5.74) is 3.35. The zero-order valence-corrected chi connectivity index (χ0v) is 14.8. The van der Waals surface area contributed by atoms with Gasteiger partial charge < -0.3 is 4.74 Å². The molecule has 0 fully saturated rings. The van der Waals surface area contributed by atoms with Crippen molar-refractivity contribution in [2.24, 2.45) is 0 Å². The Morgan fingerprint density at radius 3 is 2.37 bits per heavy atom. The van der Waals surface area contributed by atoms with Gasteiger partial charge in [0, 0.05) is 0 Å². The second kappa shape index (κ2) is 7.71. The molecule has 1 aliphatic rings. The summed E-state index contributed by atoms with van der Waals surface area (Å²) in [6.07, 6.45) is 0.330. The number of aryl methyl sites for hydroxylation is 1. The van der Waals surface area contributed by atoms with E-state index in [1.165, 1.54) is 5.56 Å². The predicted octanol–water partition coefficient (Wildman–Crippen LogP) is 6.69. The molecule has 0 saturated heterocycles. The van der Waals surface area contributed by atoms with Crippen LogP contribution in [0.15, 0.2) is 30.3 Å². The Kier molecular flexibility index (Phi) is 5.53. The van der Waals surface area contributed by atoms with Crippen molar-refractivity contribution < 1.29 is 26.7 Å². The van der Waals surface area contributed by atoms with E-state index in [1.807, 2.05) is 24.3 Å². The highest BCUT2D eigenvalue weighted by atomic mass is 19.4. The molecule has 144 valence electrons. The molecule has 0 radical (unpaired) electrons. The van der Waals surface area contributed by atoms with Gasteiger partial charge in [0.1, 0.15) is 0 Å². The number of halogens is 5. The van der Waals surface area contributed by atoms with Crippen LogP contribution in [0.5, 0.6) is 5.75 Å². The van der Waals surface area contributed by atoms with E-state index in [4.69, 9.17) is 0 Å². The molecule has 0 N–H and O–H groups in total. The van der Waals surface area contributed by atoms with Gasteiger partial charge in [-0.2, -0.15) is 0 Å². The Morgan fingerprint density at radius 1 is 1.04 bits per heavy atom. The molecule has 6 heteroatoms. The van der Waals surface area contributed by atoms with Crippen LogP contribution in [0.25, 0.3) is 11.6 Å². The van der Waals surface area contributed by atoms with Crippen LogP contribution in [-0.4, -0.2) is 6.36 Å². The summed E-state index contributed by atoms with van der Waals surface area (Å²) >= 11 is 0. The van der Waals surface area contributed by atoms with Crippen molar-refractivity contribution in [3.8, 4) is 5.75 Å². The average molecular weight is 382 g/mol. The first-order valence-corrected chi connectivity index (χ1v) is 8.85. The number of hydrogen-bond acceptors (Lipinski definition) is 1. The quantitative estimate of drug-likeness (QED) is 0.523. The summed E-state index contributed by atoms with van der Waals surface area (Å²) in [5.74, 6) is -4.04. The summed E-state index contributed by atoms with van der Waals surface area (Å²) in [4.78, 5) is 0. The Bertz CT molecular complexity index is 850. The van der Waals surface area contributed by atoms with Crippen molar-refractivity contribution in [1.29, 1.82) is 0 Å². The summed E-state index contributed by atoms with van der Waals surface area (Å²) in [7, 11) is 0. The molecule has 2 aromatic carbocycles. The number of unbranched alkanes of at least 4 members (excludes halogenated alkanes) is 1. The average Bonchev–Trinajstić information content (AvgIpc) is 2.62. The van der Waals surface area contributed by atoms with Crippen LogP contribution in [0.4, 0.5) is 22.0 Å². The lowest BCUT2D eigenvalue weighted by atomic mass is 9.87. The molecular weight excluding hydrogens is 363 g/mol. The third kappa shape index (κ3) is 4.49. The maximum atomic E-state index is 14.4. The minimum absolute atomic E-state index is 0.0407. The van der Waals surface area contributed by atoms with Crippen LogP contribution in [0.3, 0.4) is 0 Å². The maximum absolute atomic E-state index is 14.4. The predicted molar refractivity (Wildman–Crippen MR) is 94.3 cm³/mol. The zero-order valence-electron chi connectivity index (χ0n) is 14.8. The standard InChI is InChI=1S/C21H19F5O/c1-2-3-4-13-5-7-14(8-6-13)15-9-10-17-16(11-15)12-18(22)20(19(17)23)27-21(24,25)26/h5-8,11-12H,2-4,9-10H2,1H3. The van der Waals surface area contributed by atoms with E-state index in [9.17, 15) is 22.0 Å². The molecule has 0 atom stereocenters. The highest BCUT2D eigenvalue weighted by Crippen LogP contribution is 2.38. The van der Waals surface area contributed by atoms with Gasteiger partial charge in [-0.15, -0.1) is 13.2 Å². The second-order valence-electron chi connectivity index (χ2n) is 6.59. The summed E-state index contributed by atoms with van der Waals surface area (Å²) in [6.45, 7) is 2.13. The molecule has 0 saturated carbocycles.